The number of sulfonamides is 1. The van der Waals surface area contributed by atoms with Crippen LogP contribution in [0.15, 0.2) is 23.1 Å². The summed E-state index contributed by atoms with van der Waals surface area (Å²) in [7, 11) is -4.12. The summed E-state index contributed by atoms with van der Waals surface area (Å²) in [5.74, 6) is -2.27. The van der Waals surface area contributed by atoms with Crippen molar-refractivity contribution >= 4 is 16.0 Å². The van der Waals surface area contributed by atoms with Crippen LogP contribution in [0.3, 0.4) is 0 Å². The van der Waals surface area contributed by atoms with Crippen LogP contribution < -0.4 is 0 Å². The Kier molecular flexibility index (Phi) is 5.61. The summed E-state index contributed by atoms with van der Waals surface area (Å²) in [6, 6.07) is 2.51. The minimum absolute atomic E-state index is 0.0326. The molecule has 0 saturated carbocycles. The number of halogens is 1. The van der Waals surface area contributed by atoms with Gasteiger partial charge in [0.05, 0.1) is 10.5 Å². The monoisotopic (exact) mass is 305 g/mol. The number of rotatable bonds is 7. The van der Waals surface area contributed by atoms with E-state index >= 15 is 0 Å². The molecule has 0 fully saturated rings. The zero-order chi connectivity index (χ0) is 15.3. The molecule has 1 aromatic carbocycles. The summed E-state index contributed by atoms with van der Waals surface area (Å²) < 4.78 is 39.0. The van der Waals surface area contributed by atoms with Crippen molar-refractivity contribution in [2.24, 2.45) is 0 Å². The summed E-state index contributed by atoms with van der Waals surface area (Å²) in [5, 5.41) is 17.8. The van der Waals surface area contributed by atoms with Gasteiger partial charge in [-0.1, -0.05) is 6.92 Å². The lowest BCUT2D eigenvalue weighted by atomic mass is 10.2. The van der Waals surface area contributed by atoms with Crippen molar-refractivity contribution in [1.29, 1.82) is 0 Å². The fraction of sp³-hybridized carbons (Fsp3) is 0.417. The largest absolute Gasteiger partial charge is 0.478 e. The minimum atomic E-state index is -4.12. The molecule has 0 spiro atoms. The number of nitrogens with zero attached hydrogens (tertiary/aromatic N) is 1. The fourth-order valence-electron chi connectivity index (χ4n) is 1.72. The third-order valence-corrected chi connectivity index (χ3v) is 4.72. The lowest BCUT2D eigenvalue weighted by Crippen LogP contribution is -2.33. The summed E-state index contributed by atoms with van der Waals surface area (Å²) in [6.07, 6.45) is 0.213. The highest BCUT2D eigenvalue weighted by Gasteiger charge is 2.28. The normalized spacial score (nSPS) is 11.8. The molecule has 0 atom stereocenters. The van der Waals surface area contributed by atoms with E-state index < -0.39 is 32.3 Å². The molecule has 8 heteroatoms. The van der Waals surface area contributed by atoms with Crippen molar-refractivity contribution in [2.75, 3.05) is 19.7 Å². The molecule has 0 aliphatic heterocycles. The number of aliphatic hydroxyl groups excluding tert-OH is 1. The fourth-order valence-corrected chi connectivity index (χ4v) is 3.40. The molecule has 0 saturated heterocycles. The van der Waals surface area contributed by atoms with Gasteiger partial charge in [0.2, 0.25) is 10.0 Å². The number of carboxylic acid groups (broad SMARTS) is 1. The van der Waals surface area contributed by atoms with Crippen LogP contribution in [0.2, 0.25) is 0 Å². The molecule has 1 rings (SSSR count). The molecular formula is C12H16FNO5S. The zero-order valence-corrected chi connectivity index (χ0v) is 11.7. The number of hydrogen-bond donors (Lipinski definition) is 2. The average molecular weight is 305 g/mol. The second-order valence-corrected chi connectivity index (χ2v) is 5.93. The maximum absolute atomic E-state index is 13.2. The quantitative estimate of drug-likeness (QED) is 0.781. The topological polar surface area (TPSA) is 94.9 Å². The zero-order valence-electron chi connectivity index (χ0n) is 10.9. The molecule has 0 aromatic heterocycles. The Morgan fingerprint density at radius 2 is 2.05 bits per heavy atom. The number of aliphatic hydroxyl groups is 1. The van der Waals surface area contributed by atoms with Crippen molar-refractivity contribution in [1.82, 2.24) is 4.31 Å². The summed E-state index contributed by atoms with van der Waals surface area (Å²) >= 11 is 0. The van der Waals surface area contributed by atoms with Crippen molar-refractivity contribution in [3.05, 3.63) is 29.6 Å². The second-order valence-electron chi connectivity index (χ2n) is 4.02. The van der Waals surface area contributed by atoms with Crippen LogP contribution in [-0.2, 0) is 10.0 Å². The van der Waals surface area contributed by atoms with E-state index in [2.05, 4.69) is 0 Å². The Hall–Kier alpha value is -1.51. The van der Waals surface area contributed by atoms with Crippen LogP contribution >= 0.6 is 0 Å². The van der Waals surface area contributed by atoms with Gasteiger partial charge in [-0.2, -0.15) is 4.31 Å². The Balaban J connectivity index is 3.32. The first-order chi connectivity index (χ1) is 9.34. The lowest BCUT2D eigenvalue weighted by Gasteiger charge is -2.21. The van der Waals surface area contributed by atoms with E-state index in [1.807, 2.05) is 0 Å². The maximum Gasteiger partial charge on any atom is 0.337 e. The molecule has 0 aliphatic rings. The van der Waals surface area contributed by atoms with Crippen LogP contribution in [-0.4, -0.2) is 48.6 Å². The van der Waals surface area contributed by atoms with E-state index in [-0.39, 0.29) is 26.1 Å². The number of carboxylic acids is 1. The van der Waals surface area contributed by atoms with Gasteiger partial charge in [-0.25, -0.2) is 17.6 Å². The van der Waals surface area contributed by atoms with Crippen LogP contribution in [0.1, 0.15) is 23.7 Å². The van der Waals surface area contributed by atoms with Crippen molar-refractivity contribution in [2.45, 2.75) is 18.2 Å². The molecule has 0 amide bonds. The Labute approximate surface area is 116 Å². The standard InChI is InChI=1S/C12H16FNO5S/c1-2-14(6-3-7-15)20(18,19)11-8-9(13)4-5-10(11)12(16)17/h4-5,8,15H,2-3,6-7H2,1H3,(H,16,17). The first-order valence-corrected chi connectivity index (χ1v) is 7.42. The van der Waals surface area contributed by atoms with Gasteiger partial charge < -0.3 is 10.2 Å². The van der Waals surface area contributed by atoms with Gasteiger partial charge in [-0.3, -0.25) is 0 Å². The van der Waals surface area contributed by atoms with E-state index in [1.54, 1.807) is 6.92 Å². The number of aromatic carboxylic acids is 1. The van der Waals surface area contributed by atoms with Gasteiger partial charge >= 0.3 is 5.97 Å². The molecule has 2 N–H and O–H groups in total. The Bertz CT molecular complexity index is 588. The molecule has 0 heterocycles. The molecule has 6 nitrogen and oxygen atoms in total. The third-order valence-electron chi connectivity index (χ3n) is 2.71. The van der Waals surface area contributed by atoms with Gasteiger partial charge in [0.15, 0.2) is 0 Å². The predicted octanol–water partition coefficient (Wildman–Crippen LogP) is 0.917. The predicted molar refractivity (Wildman–Crippen MR) is 69.5 cm³/mol. The number of benzene rings is 1. The average Bonchev–Trinajstić information content (AvgIpc) is 2.38. The molecule has 112 valence electrons. The van der Waals surface area contributed by atoms with Crippen LogP contribution in [0.4, 0.5) is 4.39 Å². The van der Waals surface area contributed by atoms with E-state index in [0.717, 1.165) is 16.4 Å². The first kappa shape index (κ1) is 16.5. The minimum Gasteiger partial charge on any atom is -0.478 e. The highest BCUT2D eigenvalue weighted by atomic mass is 32.2. The summed E-state index contributed by atoms with van der Waals surface area (Å²) in [6.45, 7) is 1.51. The van der Waals surface area contributed by atoms with Gasteiger partial charge in [0, 0.05) is 19.7 Å². The molecule has 20 heavy (non-hydrogen) atoms. The van der Waals surface area contributed by atoms with Gasteiger partial charge in [0.25, 0.3) is 0 Å². The molecule has 0 bridgehead atoms. The van der Waals surface area contributed by atoms with E-state index in [1.165, 1.54) is 0 Å². The summed E-state index contributed by atoms with van der Waals surface area (Å²) in [4.78, 5) is 10.5. The van der Waals surface area contributed by atoms with Gasteiger partial charge in [-0.15, -0.1) is 0 Å². The van der Waals surface area contributed by atoms with Gasteiger partial charge in [-0.05, 0) is 24.6 Å². The lowest BCUT2D eigenvalue weighted by molar-refractivity contribution is 0.0692. The molecular weight excluding hydrogens is 289 g/mol. The van der Waals surface area contributed by atoms with Crippen LogP contribution in [0.25, 0.3) is 0 Å². The Morgan fingerprint density at radius 3 is 2.55 bits per heavy atom. The van der Waals surface area contributed by atoms with E-state index in [0.29, 0.717) is 6.07 Å². The highest BCUT2D eigenvalue weighted by molar-refractivity contribution is 7.89. The molecule has 0 aliphatic carbocycles. The maximum atomic E-state index is 13.2. The van der Waals surface area contributed by atoms with Gasteiger partial charge in [0.1, 0.15) is 5.82 Å². The van der Waals surface area contributed by atoms with Crippen LogP contribution in [0, 0.1) is 5.82 Å². The molecule has 0 radical (unpaired) electrons. The third kappa shape index (κ3) is 3.53. The SMILES string of the molecule is CCN(CCCO)S(=O)(=O)c1cc(F)ccc1C(=O)O. The molecule has 0 unspecified atom stereocenters. The van der Waals surface area contributed by atoms with E-state index in [9.17, 15) is 17.6 Å². The summed E-state index contributed by atoms with van der Waals surface area (Å²) in [5.41, 5.74) is -0.478. The smallest absolute Gasteiger partial charge is 0.337 e. The van der Waals surface area contributed by atoms with Crippen molar-refractivity contribution < 1.29 is 27.8 Å². The first-order valence-electron chi connectivity index (χ1n) is 5.98. The van der Waals surface area contributed by atoms with Crippen LogP contribution in [0.5, 0.6) is 0 Å². The Morgan fingerprint density at radius 1 is 1.40 bits per heavy atom. The highest BCUT2D eigenvalue weighted by Crippen LogP contribution is 2.22. The van der Waals surface area contributed by atoms with E-state index in [4.69, 9.17) is 10.2 Å². The number of hydrogen-bond acceptors (Lipinski definition) is 4. The second kappa shape index (κ2) is 6.78. The molecule has 1 aromatic rings. The van der Waals surface area contributed by atoms with Crippen molar-refractivity contribution in [3.63, 3.8) is 0 Å². The number of carbonyl (C=O) groups is 1. The van der Waals surface area contributed by atoms with Crippen molar-refractivity contribution in [3.8, 4) is 0 Å².